The van der Waals surface area contributed by atoms with Crippen LogP contribution in [0.25, 0.3) is 21.2 Å². The van der Waals surface area contributed by atoms with Crippen LogP contribution in [-0.4, -0.2) is 25.6 Å². The van der Waals surface area contributed by atoms with Crippen LogP contribution in [0, 0.1) is 6.92 Å². The Hall–Kier alpha value is -2.42. The van der Waals surface area contributed by atoms with E-state index in [1.165, 1.54) is 17.4 Å². The second kappa shape index (κ2) is 6.33. The standard InChI is InChI=1S/C18H13ClN2O4S2/c1-9-11-4-3-5-12(19)16(11)25-15(9)17(22)21-18-20-13-7-6-10(27(2,23)24)8-14(13)26-18/h3-8H,1-2H3,(H,20,21,22). The maximum Gasteiger partial charge on any atom is 0.293 e. The van der Waals surface area contributed by atoms with Gasteiger partial charge in [0.2, 0.25) is 0 Å². The number of furan rings is 1. The van der Waals surface area contributed by atoms with Gasteiger partial charge in [0.05, 0.1) is 20.1 Å². The number of hydrogen-bond acceptors (Lipinski definition) is 6. The first-order valence-electron chi connectivity index (χ1n) is 7.83. The maximum absolute atomic E-state index is 12.6. The number of amides is 1. The van der Waals surface area contributed by atoms with Crippen molar-refractivity contribution < 1.29 is 17.6 Å². The molecular formula is C18H13ClN2O4S2. The summed E-state index contributed by atoms with van der Waals surface area (Å²) in [6.07, 6.45) is 1.15. The number of sulfone groups is 1. The highest BCUT2D eigenvalue weighted by atomic mass is 35.5. The van der Waals surface area contributed by atoms with E-state index in [1.54, 1.807) is 31.2 Å². The molecule has 2 aromatic heterocycles. The fourth-order valence-electron chi connectivity index (χ4n) is 2.77. The van der Waals surface area contributed by atoms with Crippen molar-refractivity contribution >= 4 is 65.0 Å². The monoisotopic (exact) mass is 420 g/mol. The van der Waals surface area contributed by atoms with Crippen LogP contribution in [0.2, 0.25) is 5.02 Å². The molecule has 0 unspecified atom stereocenters. The lowest BCUT2D eigenvalue weighted by molar-refractivity contribution is 0.0998. The molecule has 0 fully saturated rings. The quantitative estimate of drug-likeness (QED) is 0.520. The second-order valence-electron chi connectivity index (χ2n) is 6.05. The number of aryl methyl sites for hydroxylation is 1. The van der Waals surface area contributed by atoms with Gasteiger partial charge in [-0.15, -0.1) is 0 Å². The summed E-state index contributed by atoms with van der Waals surface area (Å²) >= 11 is 7.32. The topological polar surface area (TPSA) is 89.3 Å². The highest BCUT2D eigenvalue weighted by Gasteiger charge is 2.20. The minimum atomic E-state index is -3.31. The van der Waals surface area contributed by atoms with Crippen LogP contribution in [0.4, 0.5) is 5.13 Å². The van der Waals surface area contributed by atoms with Gasteiger partial charge in [0.15, 0.2) is 26.3 Å². The zero-order valence-corrected chi connectivity index (χ0v) is 16.6. The molecule has 4 aromatic rings. The molecule has 1 N–H and O–H groups in total. The lowest BCUT2D eigenvalue weighted by Gasteiger charge is -1.98. The number of anilines is 1. The number of nitrogens with zero attached hydrogens (tertiary/aromatic N) is 1. The number of benzene rings is 2. The highest BCUT2D eigenvalue weighted by molar-refractivity contribution is 7.90. The predicted molar refractivity (Wildman–Crippen MR) is 107 cm³/mol. The first-order valence-corrected chi connectivity index (χ1v) is 10.9. The van der Waals surface area contributed by atoms with Crippen LogP contribution in [0.15, 0.2) is 45.7 Å². The Morgan fingerprint density at radius 1 is 1.26 bits per heavy atom. The average Bonchev–Trinajstić information content (AvgIpc) is 3.15. The van der Waals surface area contributed by atoms with Crippen molar-refractivity contribution in [3.63, 3.8) is 0 Å². The van der Waals surface area contributed by atoms with Crippen molar-refractivity contribution in [2.24, 2.45) is 0 Å². The number of hydrogen-bond donors (Lipinski definition) is 1. The van der Waals surface area contributed by atoms with Crippen molar-refractivity contribution in [1.82, 2.24) is 4.98 Å². The molecule has 0 aliphatic carbocycles. The highest BCUT2D eigenvalue weighted by Crippen LogP contribution is 2.32. The first kappa shape index (κ1) is 18.0. The summed E-state index contributed by atoms with van der Waals surface area (Å²) in [5.74, 6) is -0.281. The molecule has 138 valence electrons. The number of fused-ring (bicyclic) bond motifs is 2. The van der Waals surface area contributed by atoms with E-state index in [0.29, 0.717) is 31.5 Å². The minimum absolute atomic E-state index is 0.161. The van der Waals surface area contributed by atoms with Gasteiger partial charge in [0.25, 0.3) is 5.91 Å². The largest absolute Gasteiger partial charge is 0.449 e. The summed E-state index contributed by atoms with van der Waals surface area (Å²) in [7, 11) is -3.31. The smallest absolute Gasteiger partial charge is 0.293 e. The van der Waals surface area contributed by atoms with E-state index in [1.807, 2.05) is 6.07 Å². The van der Waals surface area contributed by atoms with Crippen molar-refractivity contribution in [2.45, 2.75) is 11.8 Å². The van der Waals surface area contributed by atoms with Gasteiger partial charge in [-0.25, -0.2) is 13.4 Å². The Bertz CT molecular complexity index is 1320. The van der Waals surface area contributed by atoms with Gasteiger partial charge >= 0.3 is 0 Å². The maximum atomic E-state index is 12.6. The van der Waals surface area contributed by atoms with E-state index in [4.69, 9.17) is 16.0 Å². The fraction of sp³-hybridized carbons (Fsp3) is 0.111. The number of rotatable bonds is 3. The Morgan fingerprint density at radius 2 is 2.04 bits per heavy atom. The number of carbonyl (C=O) groups is 1. The number of halogens is 1. The van der Waals surface area contributed by atoms with E-state index < -0.39 is 15.7 Å². The van der Waals surface area contributed by atoms with Crippen molar-refractivity contribution in [1.29, 1.82) is 0 Å². The van der Waals surface area contributed by atoms with Crippen LogP contribution >= 0.6 is 22.9 Å². The number of nitrogens with one attached hydrogen (secondary N) is 1. The molecule has 0 aliphatic rings. The Kier molecular flexibility index (Phi) is 4.21. The Morgan fingerprint density at radius 3 is 2.74 bits per heavy atom. The molecule has 0 aliphatic heterocycles. The van der Waals surface area contributed by atoms with Crippen molar-refractivity contribution in [3.05, 3.63) is 52.7 Å². The van der Waals surface area contributed by atoms with E-state index in [2.05, 4.69) is 10.3 Å². The molecule has 9 heteroatoms. The zero-order chi connectivity index (χ0) is 19.3. The SMILES string of the molecule is Cc1c(C(=O)Nc2nc3ccc(S(C)(=O)=O)cc3s2)oc2c(Cl)cccc12. The van der Waals surface area contributed by atoms with Gasteiger partial charge in [-0.2, -0.15) is 0 Å². The third-order valence-electron chi connectivity index (χ3n) is 4.13. The molecule has 6 nitrogen and oxygen atoms in total. The van der Waals surface area contributed by atoms with Gasteiger partial charge in [-0.1, -0.05) is 35.1 Å². The average molecular weight is 421 g/mol. The lowest BCUT2D eigenvalue weighted by Crippen LogP contribution is -2.11. The molecule has 0 radical (unpaired) electrons. The first-order chi connectivity index (χ1) is 12.7. The number of aromatic nitrogens is 1. The molecule has 4 rings (SSSR count). The molecule has 0 saturated heterocycles. The molecule has 2 aromatic carbocycles. The summed E-state index contributed by atoms with van der Waals surface area (Å²) in [4.78, 5) is 17.2. The molecule has 0 atom stereocenters. The summed E-state index contributed by atoms with van der Waals surface area (Å²) in [5.41, 5.74) is 1.75. The summed E-state index contributed by atoms with van der Waals surface area (Å²) in [6, 6.07) is 9.98. The lowest BCUT2D eigenvalue weighted by atomic mass is 10.1. The van der Waals surface area contributed by atoms with Crippen LogP contribution in [0.3, 0.4) is 0 Å². The molecule has 0 saturated carbocycles. The van der Waals surface area contributed by atoms with E-state index >= 15 is 0 Å². The van der Waals surface area contributed by atoms with Gasteiger partial charge in [0, 0.05) is 17.2 Å². The van der Waals surface area contributed by atoms with Crippen LogP contribution in [-0.2, 0) is 9.84 Å². The molecule has 1 amide bonds. The second-order valence-corrected chi connectivity index (χ2v) is 9.50. The Balaban J connectivity index is 1.69. The zero-order valence-electron chi connectivity index (χ0n) is 14.2. The molecule has 0 bridgehead atoms. The number of thiazole rings is 1. The minimum Gasteiger partial charge on any atom is -0.449 e. The van der Waals surface area contributed by atoms with E-state index in [0.717, 1.165) is 11.6 Å². The van der Waals surface area contributed by atoms with Gasteiger partial charge < -0.3 is 4.42 Å². The van der Waals surface area contributed by atoms with Crippen molar-refractivity contribution in [2.75, 3.05) is 11.6 Å². The molecule has 2 heterocycles. The van der Waals surface area contributed by atoms with Gasteiger partial charge in [-0.05, 0) is 31.2 Å². The van der Waals surface area contributed by atoms with Crippen LogP contribution in [0.5, 0.6) is 0 Å². The fourth-order valence-corrected chi connectivity index (χ4v) is 4.60. The molecular weight excluding hydrogens is 408 g/mol. The third kappa shape index (κ3) is 3.20. The Labute approximate surface area is 163 Å². The summed E-state index contributed by atoms with van der Waals surface area (Å²) in [5, 5.41) is 4.27. The van der Waals surface area contributed by atoms with Gasteiger partial charge in [-0.3, -0.25) is 10.1 Å². The predicted octanol–water partition coefficient (Wildman–Crippen LogP) is 4.66. The number of carbonyl (C=O) groups excluding carboxylic acids is 1. The summed E-state index contributed by atoms with van der Waals surface area (Å²) in [6.45, 7) is 1.79. The summed E-state index contributed by atoms with van der Waals surface area (Å²) < 4.78 is 29.7. The van der Waals surface area contributed by atoms with Crippen LogP contribution in [0.1, 0.15) is 16.1 Å². The normalized spacial score (nSPS) is 12.0. The van der Waals surface area contributed by atoms with Crippen molar-refractivity contribution in [3.8, 4) is 0 Å². The van der Waals surface area contributed by atoms with E-state index in [-0.39, 0.29) is 10.7 Å². The number of para-hydroxylation sites is 1. The van der Waals surface area contributed by atoms with E-state index in [9.17, 15) is 13.2 Å². The van der Waals surface area contributed by atoms with Gasteiger partial charge in [0.1, 0.15) is 0 Å². The third-order valence-corrected chi connectivity index (χ3v) is 6.47. The van der Waals surface area contributed by atoms with Crippen LogP contribution < -0.4 is 5.32 Å². The molecule has 27 heavy (non-hydrogen) atoms. The molecule has 0 spiro atoms.